The first-order valence-corrected chi connectivity index (χ1v) is 13.7. The standard InChI is InChI=1S/C33H37N2O/c1-35(20-11-21-36-29-16-9-4-10-17-29)30-18-19-32(30)23-26(22-31(32)35)24-33(25-34,27-12-5-2-6-13-27)28-14-7-3-8-15-28/h2-10,12-17,26,30-31H,11,18-24H2,1H3/q+1/t26?,30-,31-,32?,35?/m0/s1. The molecule has 3 aliphatic rings. The SMILES string of the molecule is C[N+]1(CCCOc2ccccc2)[C@H]2CCC23CC(CC(C#N)(c2ccccc2)c2ccccc2)C[C@@H]31. The van der Waals surface area contributed by atoms with E-state index in [1.165, 1.54) is 36.7 Å². The molecule has 0 amide bonds. The third-order valence-electron chi connectivity index (χ3n) is 9.97. The van der Waals surface area contributed by atoms with E-state index in [0.717, 1.165) is 48.4 Å². The van der Waals surface area contributed by atoms with Crippen molar-refractivity contribution in [3.63, 3.8) is 0 Å². The van der Waals surface area contributed by atoms with E-state index in [9.17, 15) is 5.26 Å². The summed E-state index contributed by atoms with van der Waals surface area (Å²) in [5, 5.41) is 10.7. The van der Waals surface area contributed by atoms with Crippen molar-refractivity contribution in [1.82, 2.24) is 0 Å². The van der Waals surface area contributed by atoms with Crippen molar-refractivity contribution in [2.24, 2.45) is 11.3 Å². The number of quaternary nitrogens is 1. The van der Waals surface area contributed by atoms with Crippen LogP contribution < -0.4 is 4.74 Å². The molecule has 184 valence electrons. The maximum absolute atomic E-state index is 10.7. The molecule has 1 saturated heterocycles. The number of rotatable bonds is 9. The summed E-state index contributed by atoms with van der Waals surface area (Å²) in [7, 11) is 2.50. The number of para-hydroxylation sites is 1. The molecule has 36 heavy (non-hydrogen) atoms. The molecule has 0 aromatic heterocycles. The average molecular weight is 478 g/mol. The first-order chi connectivity index (χ1) is 17.6. The fraction of sp³-hybridized carbons (Fsp3) is 0.424. The predicted molar refractivity (Wildman–Crippen MR) is 143 cm³/mol. The van der Waals surface area contributed by atoms with Gasteiger partial charge in [0.15, 0.2) is 0 Å². The molecule has 1 spiro atoms. The zero-order chi connectivity index (χ0) is 24.6. The van der Waals surface area contributed by atoms with Crippen molar-refractivity contribution in [3.05, 3.63) is 102 Å². The van der Waals surface area contributed by atoms with E-state index in [1.807, 2.05) is 30.3 Å². The van der Waals surface area contributed by atoms with Gasteiger partial charge in [0.05, 0.1) is 31.7 Å². The number of piperidine rings is 1. The Morgan fingerprint density at radius 3 is 2.08 bits per heavy atom. The van der Waals surface area contributed by atoms with E-state index in [0.29, 0.717) is 11.3 Å². The van der Waals surface area contributed by atoms with Gasteiger partial charge >= 0.3 is 0 Å². The summed E-state index contributed by atoms with van der Waals surface area (Å²) in [4.78, 5) is 0. The lowest BCUT2D eigenvalue weighted by molar-refractivity contribution is -1.03. The van der Waals surface area contributed by atoms with Crippen LogP contribution >= 0.6 is 0 Å². The Morgan fingerprint density at radius 2 is 1.53 bits per heavy atom. The Morgan fingerprint density at radius 1 is 0.917 bits per heavy atom. The fourth-order valence-corrected chi connectivity index (χ4v) is 8.46. The minimum atomic E-state index is -0.584. The molecule has 3 aromatic rings. The minimum absolute atomic E-state index is 0.522. The van der Waals surface area contributed by atoms with Gasteiger partial charge in [0.1, 0.15) is 23.2 Å². The van der Waals surface area contributed by atoms with Gasteiger partial charge in [-0.3, -0.25) is 0 Å². The summed E-state index contributed by atoms with van der Waals surface area (Å²) in [6.45, 7) is 1.98. The van der Waals surface area contributed by atoms with Crippen LogP contribution in [0.25, 0.3) is 0 Å². The van der Waals surface area contributed by atoms with Gasteiger partial charge in [0.2, 0.25) is 0 Å². The summed E-state index contributed by atoms with van der Waals surface area (Å²) in [5.74, 6) is 1.55. The molecule has 2 aliphatic carbocycles. The van der Waals surface area contributed by atoms with Crippen LogP contribution in [0.1, 0.15) is 49.7 Å². The second-order valence-corrected chi connectivity index (χ2v) is 11.6. The van der Waals surface area contributed by atoms with Crippen LogP contribution in [0.2, 0.25) is 0 Å². The lowest BCUT2D eigenvalue weighted by atomic mass is 9.51. The number of ether oxygens (including phenoxy) is 1. The van der Waals surface area contributed by atoms with Crippen molar-refractivity contribution >= 4 is 0 Å². The Bertz CT molecular complexity index is 1180. The molecular formula is C33H37N2O+. The van der Waals surface area contributed by atoms with Gasteiger partial charge in [0, 0.05) is 19.3 Å². The van der Waals surface area contributed by atoms with E-state index < -0.39 is 5.41 Å². The van der Waals surface area contributed by atoms with Gasteiger partial charge in [-0.2, -0.15) is 5.26 Å². The summed E-state index contributed by atoms with van der Waals surface area (Å²) < 4.78 is 7.23. The molecule has 0 radical (unpaired) electrons. The Balaban J connectivity index is 1.18. The molecule has 3 heteroatoms. The van der Waals surface area contributed by atoms with Gasteiger partial charge in [-0.15, -0.1) is 0 Å². The maximum Gasteiger partial charge on any atom is 0.119 e. The van der Waals surface area contributed by atoms with Crippen molar-refractivity contribution in [3.8, 4) is 11.8 Å². The van der Waals surface area contributed by atoms with Gasteiger partial charge in [0.25, 0.3) is 0 Å². The third kappa shape index (κ3) is 3.58. The second kappa shape index (κ2) is 9.09. The first-order valence-electron chi connectivity index (χ1n) is 13.7. The van der Waals surface area contributed by atoms with Gasteiger partial charge in [-0.05, 0) is 48.4 Å². The first kappa shape index (κ1) is 23.3. The summed E-state index contributed by atoms with van der Waals surface area (Å²) in [6.07, 6.45) is 7.29. The van der Waals surface area contributed by atoms with Crippen molar-refractivity contribution < 1.29 is 9.22 Å². The number of hydrogen-bond acceptors (Lipinski definition) is 2. The monoisotopic (exact) mass is 477 g/mol. The lowest BCUT2D eigenvalue weighted by Crippen LogP contribution is -2.83. The van der Waals surface area contributed by atoms with Gasteiger partial charge in [-0.1, -0.05) is 78.9 Å². The topological polar surface area (TPSA) is 33.0 Å². The normalized spacial score (nSPS) is 30.3. The lowest BCUT2D eigenvalue weighted by Gasteiger charge is -2.71. The molecule has 5 atom stereocenters. The van der Waals surface area contributed by atoms with Crippen molar-refractivity contribution in [2.75, 3.05) is 20.2 Å². The van der Waals surface area contributed by atoms with Crippen molar-refractivity contribution in [1.29, 1.82) is 5.26 Å². The third-order valence-corrected chi connectivity index (χ3v) is 9.97. The van der Waals surface area contributed by atoms with Crippen LogP contribution in [0.3, 0.4) is 0 Å². The molecule has 3 fully saturated rings. The van der Waals surface area contributed by atoms with E-state index in [2.05, 4.69) is 73.8 Å². The Kier molecular flexibility index (Phi) is 5.89. The number of benzene rings is 3. The van der Waals surface area contributed by atoms with Gasteiger partial charge in [-0.25, -0.2) is 0 Å². The highest BCUT2D eigenvalue weighted by molar-refractivity contribution is 5.46. The van der Waals surface area contributed by atoms with Crippen LogP contribution in [0.5, 0.6) is 5.75 Å². The Hall–Kier alpha value is -3.09. The molecule has 0 bridgehead atoms. The van der Waals surface area contributed by atoms with Crippen LogP contribution in [-0.4, -0.2) is 36.8 Å². The number of hydrogen-bond donors (Lipinski definition) is 0. The van der Waals surface area contributed by atoms with Crippen LogP contribution in [0, 0.1) is 22.7 Å². The minimum Gasteiger partial charge on any atom is -0.493 e. The molecule has 1 aliphatic heterocycles. The van der Waals surface area contributed by atoms with E-state index >= 15 is 0 Å². The highest BCUT2D eigenvalue weighted by atomic mass is 16.5. The van der Waals surface area contributed by atoms with E-state index in [4.69, 9.17) is 4.74 Å². The second-order valence-electron chi connectivity index (χ2n) is 11.6. The number of likely N-dealkylation sites (tertiary alicyclic amines) is 1. The quantitative estimate of drug-likeness (QED) is 0.252. The van der Waals surface area contributed by atoms with Crippen LogP contribution in [-0.2, 0) is 5.41 Å². The zero-order valence-electron chi connectivity index (χ0n) is 21.4. The maximum atomic E-state index is 10.7. The highest BCUT2D eigenvalue weighted by Gasteiger charge is 2.77. The van der Waals surface area contributed by atoms with Gasteiger partial charge < -0.3 is 9.22 Å². The molecule has 1 heterocycles. The summed E-state index contributed by atoms with van der Waals surface area (Å²) >= 11 is 0. The molecule has 0 N–H and O–H groups in total. The summed E-state index contributed by atoms with van der Waals surface area (Å²) in [5.41, 5.74) is 2.21. The molecule has 3 unspecified atom stereocenters. The number of nitrogens with zero attached hydrogens (tertiary/aromatic N) is 2. The van der Waals surface area contributed by atoms with Crippen molar-refractivity contribution in [2.45, 2.75) is 56.0 Å². The predicted octanol–water partition coefficient (Wildman–Crippen LogP) is 6.74. The molecule has 3 aromatic carbocycles. The van der Waals surface area contributed by atoms with Crippen LogP contribution in [0.15, 0.2) is 91.0 Å². The smallest absolute Gasteiger partial charge is 0.119 e. The zero-order valence-corrected chi connectivity index (χ0v) is 21.4. The molecule has 3 nitrogen and oxygen atoms in total. The fourth-order valence-electron chi connectivity index (χ4n) is 8.46. The molecule has 2 saturated carbocycles. The highest BCUT2D eigenvalue weighted by Crippen LogP contribution is 2.70. The summed E-state index contributed by atoms with van der Waals surface area (Å²) in [6, 6.07) is 35.6. The largest absolute Gasteiger partial charge is 0.493 e. The molecule has 6 rings (SSSR count). The number of nitriles is 1. The van der Waals surface area contributed by atoms with Crippen LogP contribution in [0.4, 0.5) is 0 Å². The van der Waals surface area contributed by atoms with E-state index in [-0.39, 0.29) is 0 Å². The van der Waals surface area contributed by atoms with E-state index in [1.54, 1.807) is 0 Å². The average Bonchev–Trinajstić information content (AvgIpc) is 3.31. The Labute approximate surface area is 215 Å². The molecular weight excluding hydrogens is 440 g/mol.